The Hall–Kier alpha value is -1.34. The van der Waals surface area contributed by atoms with Gasteiger partial charge < -0.3 is 20.4 Å². The number of aliphatic hydroxyl groups is 4. The van der Waals surface area contributed by atoms with E-state index in [4.69, 9.17) is 5.11 Å². The third kappa shape index (κ3) is 10.9. The molecular formula is C44H76O6. The van der Waals surface area contributed by atoms with Crippen molar-refractivity contribution in [2.75, 3.05) is 13.2 Å². The van der Waals surface area contributed by atoms with Crippen LogP contribution < -0.4 is 0 Å². The average Bonchev–Trinajstić information content (AvgIpc) is 3.36. The van der Waals surface area contributed by atoms with Crippen LogP contribution in [0.2, 0.25) is 0 Å². The Bertz CT molecular complexity index is 1060. The first-order chi connectivity index (χ1) is 24.0. The van der Waals surface area contributed by atoms with E-state index in [-0.39, 0.29) is 34.9 Å². The van der Waals surface area contributed by atoms with Crippen molar-refractivity contribution >= 4 is 11.6 Å². The van der Waals surface area contributed by atoms with Gasteiger partial charge in [-0.05, 0) is 62.0 Å². The monoisotopic (exact) mass is 701 g/mol. The highest BCUT2D eigenvalue weighted by Gasteiger charge is 2.68. The molecule has 0 spiro atoms. The topological polar surface area (TPSA) is 115 Å². The Morgan fingerprint density at radius 3 is 1.74 bits per heavy atom. The summed E-state index contributed by atoms with van der Waals surface area (Å²) in [4.78, 5) is 24.4. The fraction of sp³-hybridized carbons (Fsp3) is 0.864. The summed E-state index contributed by atoms with van der Waals surface area (Å²) < 4.78 is 0. The number of hydrogen-bond donors (Lipinski definition) is 4. The highest BCUT2D eigenvalue weighted by Crippen LogP contribution is 2.67. The normalized spacial score (nSPS) is 32.8. The SMILES string of the molecule is CCCCCCCCCCCCCCCCCCCCCCO.C[C@H]1C[C@@H]2[C@H]([C@@H](O)C[C@@]3(C)[C@H]2CC[C@]3(O)C(=O)CO)[C@@]2(C)C=CC(=O)C=C12. The molecule has 0 amide bonds. The van der Waals surface area contributed by atoms with Crippen molar-refractivity contribution in [2.45, 2.75) is 193 Å². The summed E-state index contributed by atoms with van der Waals surface area (Å²) in [5.74, 6) is -0.0768. The van der Waals surface area contributed by atoms with Crippen LogP contribution in [0.4, 0.5) is 0 Å². The smallest absolute Gasteiger partial charge is 0.190 e. The quantitative estimate of drug-likeness (QED) is 0.0837. The second kappa shape index (κ2) is 21.4. The minimum atomic E-state index is -1.57. The third-order valence-electron chi connectivity index (χ3n) is 13.6. The van der Waals surface area contributed by atoms with Crippen molar-refractivity contribution in [1.82, 2.24) is 0 Å². The number of allylic oxidation sites excluding steroid dienone is 4. The molecule has 0 aromatic carbocycles. The van der Waals surface area contributed by atoms with Gasteiger partial charge in [-0.2, -0.15) is 0 Å². The Labute approximate surface area is 306 Å². The first-order valence-corrected chi connectivity index (χ1v) is 21.1. The van der Waals surface area contributed by atoms with E-state index >= 15 is 0 Å². The van der Waals surface area contributed by atoms with E-state index in [2.05, 4.69) is 20.8 Å². The van der Waals surface area contributed by atoms with Crippen LogP contribution in [0, 0.1) is 34.5 Å². The maximum absolute atomic E-state index is 12.4. The first-order valence-electron chi connectivity index (χ1n) is 21.1. The lowest BCUT2D eigenvalue weighted by Gasteiger charge is -2.60. The molecule has 8 atom stereocenters. The Morgan fingerprint density at radius 1 is 0.800 bits per heavy atom. The van der Waals surface area contributed by atoms with Crippen molar-refractivity contribution in [3.8, 4) is 0 Å². The van der Waals surface area contributed by atoms with Gasteiger partial charge in [0.25, 0.3) is 0 Å². The number of fused-ring (bicyclic) bond motifs is 5. The molecule has 0 aliphatic heterocycles. The lowest BCUT2D eigenvalue weighted by molar-refractivity contribution is -0.180. The number of Topliss-reactive ketones (excluding diaryl/α,β-unsaturated/α-hetero) is 1. The van der Waals surface area contributed by atoms with Crippen molar-refractivity contribution in [3.05, 3.63) is 23.8 Å². The van der Waals surface area contributed by atoms with E-state index in [0.717, 1.165) is 24.8 Å². The molecule has 4 aliphatic carbocycles. The second-order valence-corrected chi connectivity index (χ2v) is 17.2. The van der Waals surface area contributed by atoms with Crippen LogP contribution in [0.3, 0.4) is 0 Å². The highest BCUT2D eigenvalue weighted by molar-refractivity contribution is 6.01. The maximum Gasteiger partial charge on any atom is 0.190 e. The van der Waals surface area contributed by atoms with Crippen LogP contribution in [0.5, 0.6) is 0 Å². The molecular weight excluding hydrogens is 624 g/mol. The number of rotatable bonds is 22. The summed E-state index contributed by atoms with van der Waals surface area (Å²) in [7, 11) is 0. The van der Waals surface area contributed by atoms with Crippen molar-refractivity contribution in [2.24, 2.45) is 34.5 Å². The minimum absolute atomic E-state index is 0.00620. The molecule has 0 radical (unpaired) electrons. The zero-order chi connectivity index (χ0) is 36.6. The molecule has 0 unspecified atom stereocenters. The fourth-order valence-electron chi connectivity index (χ4n) is 10.7. The molecule has 3 fully saturated rings. The molecule has 6 nitrogen and oxygen atoms in total. The molecule has 6 heteroatoms. The van der Waals surface area contributed by atoms with E-state index in [1.165, 1.54) is 122 Å². The average molecular weight is 701 g/mol. The first kappa shape index (κ1) is 43.1. The Morgan fingerprint density at radius 2 is 1.28 bits per heavy atom. The van der Waals surface area contributed by atoms with E-state index < -0.39 is 29.5 Å². The number of unbranched alkanes of at least 4 members (excludes halogenated alkanes) is 19. The van der Waals surface area contributed by atoms with Gasteiger partial charge in [-0.3, -0.25) is 9.59 Å². The molecule has 50 heavy (non-hydrogen) atoms. The largest absolute Gasteiger partial charge is 0.396 e. The molecule has 0 bridgehead atoms. The van der Waals surface area contributed by atoms with Crippen molar-refractivity contribution in [3.63, 3.8) is 0 Å². The number of aliphatic hydroxyl groups excluding tert-OH is 3. The van der Waals surface area contributed by atoms with Gasteiger partial charge in [0.15, 0.2) is 11.6 Å². The van der Waals surface area contributed by atoms with Gasteiger partial charge in [-0.1, -0.05) is 161 Å². The molecule has 288 valence electrons. The van der Waals surface area contributed by atoms with E-state index in [0.29, 0.717) is 19.4 Å². The molecule has 0 heterocycles. The van der Waals surface area contributed by atoms with Crippen molar-refractivity contribution in [1.29, 1.82) is 0 Å². The van der Waals surface area contributed by atoms with Crippen LogP contribution in [0.25, 0.3) is 0 Å². The number of hydrogen-bond acceptors (Lipinski definition) is 6. The highest BCUT2D eigenvalue weighted by atomic mass is 16.3. The van der Waals surface area contributed by atoms with Gasteiger partial charge in [-0.15, -0.1) is 0 Å². The summed E-state index contributed by atoms with van der Waals surface area (Å²) in [5, 5.41) is 40.6. The summed E-state index contributed by atoms with van der Waals surface area (Å²) in [6, 6.07) is 0. The lowest BCUT2D eigenvalue weighted by Crippen LogP contribution is -2.62. The predicted molar refractivity (Wildman–Crippen MR) is 205 cm³/mol. The summed E-state index contributed by atoms with van der Waals surface area (Å²) in [6.45, 7) is 8.15. The van der Waals surface area contributed by atoms with Crippen LogP contribution in [0.1, 0.15) is 182 Å². The van der Waals surface area contributed by atoms with E-state index in [1.54, 1.807) is 12.2 Å². The van der Waals surface area contributed by atoms with Gasteiger partial charge in [0.2, 0.25) is 0 Å². The Balaban J connectivity index is 0.000000275. The zero-order valence-electron chi connectivity index (χ0n) is 32.6. The van der Waals surface area contributed by atoms with Crippen LogP contribution in [-0.2, 0) is 9.59 Å². The fourth-order valence-corrected chi connectivity index (χ4v) is 10.7. The van der Waals surface area contributed by atoms with Gasteiger partial charge in [0.05, 0.1) is 6.10 Å². The lowest BCUT2D eigenvalue weighted by atomic mass is 9.45. The summed E-state index contributed by atoms with van der Waals surface area (Å²) in [5.41, 5.74) is -1.59. The number of carbonyl (C=O) groups excluding carboxylic acids is 2. The molecule has 3 saturated carbocycles. The maximum atomic E-state index is 12.4. The van der Waals surface area contributed by atoms with Crippen LogP contribution in [-0.4, -0.2) is 56.9 Å². The van der Waals surface area contributed by atoms with Gasteiger partial charge >= 0.3 is 0 Å². The molecule has 4 rings (SSSR count). The van der Waals surface area contributed by atoms with E-state index in [1.807, 2.05) is 13.0 Å². The summed E-state index contributed by atoms with van der Waals surface area (Å²) >= 11 is 0. The van der Waals surface area contributed by atoms with Crippen molar-refractivity contribution < 1.29 is 30.0 Å². The number of carbonyl (C=O) groups is 2. The van der Waals surface area contributed by atoms with Gasteiger partial charge in [0.1, 0.15) is 12.2 Å². The van der Waals surface area contributed by atoms with E-state index in [9.17, 15) is 24.9 Å². The summed E-state index contributed by atoms with van der Waals surface area (Å²) in [6.07, 6.45) is 35.0. The predicted octanol–water partition coefficient (Wildman–Crippen LogP) is 9.60. The van der Waals surface area contributed by atoms with Crippen LogP contribution >= 0.6 is 0 Å². The Kier molecular flexibility index (Phi) is 18.4. The molecule has 0 aromatic rings. The standard InChI is InChI=1S/C22H30O5.C22H46O/c1-12-8-14-15-5-7-22(27,18(26)11-23)21(15,3)10-17(25)19(14)20(2)6-4-13(24)9-16(12)20;1-2-3-4-5-6-7-8-9-10-11-12-13-14-15-16-17-18-19-20-21-22-23/h4,6,9,12,14-15,17,19,23,25,27H,5,7-8,10-11H2,1-3H3;23H,2-22H2,1H3/t12-,14-,15-,17-,19+,20-,21-,22-;/m0./s1. The molecule has 0 saturated heterocycles. The molecule has 4 aliphatic rings. The third-order valence-corrected chi connectivity index (χ3v) is 13.6. The molecule has 4 N–H and O–H groups in total. The minimum Gasteiger partial charge on any atom is -0.396 e. The zero-order valence-corrected chi connectivity index (χ0v) is 32.6. The second-order valence-electron chi connectivity index (χ2n) is 17.2. The number of ketones is 2. The molecule has 0 aromatic heterocycles. The van der Waals surface area contributed by atoms with Crippen LogP contribution in [0.15, 0.2) is 23.8 Å². The van der Waals surface area contributed by atoms with Gasteiger partial charge in [0, 0.05) is 23.4 Å². The van der Waals surface area contributed by atoms with Gasteiger partial charge in [-0.25, -0.2) is 0 Å².